The van der Waals surface area contributed by atoms with Crippen molar-refractivity contribution in [3.8, 4) is 0 Å². The van der Waals surface area contributed by atoms with Crippen molar-refractivity contribution < 1.29 is 9.69 Å². The lowest BCUT2D eigenvalue weighted by atomic mass is 10.1. The van der Waals surface area contributed by atoms with Crippen molar-refractivity contribution in [2.75, 3.05) is 26.4 Å². The smallest absolute Gasteiger partial charge is 0.230 e. The minimum atomic E-state index is 0.0138. The van der Waals surface area contributed by atoms with E-state index < -0.39 is 0 Å². The van der Waals surface area contributed by atoms with Gasteiger partial charge in [-0.15, -0.1) is 0 Å². The van der Waals surface area contributed by atoms with Crippen LogP contribution in [0.25, 0.3) is 10.9 Å². The van der Waals surface area contributed by atoms with Crippen LogP contribution in [0, 0.1) is 0 Å². The number of hydrogen-bond donors (Lipinski definition) is 2. The molecule has 2 aromatic carbocycles. The van der Waals surface area contributed by atoms with Crippen molar-refractivity contribution in [3.63, 3.8) is 0 Å². The number of para-hydroxylation sites is 1. The number of quaternary nitrogens is 1. The Bertz CT molecular complexity index is 865. The van der Waals surface area contributed by atoms with Gasteiger partial charge in [0.1, 0.15) is 17.4 Å². The highest BCUT2D eigenvalue weighted by molar-refractivity contribution is 8.00. The average Bonchev–Trinajstić information content (AvgIpc) is 2.67. The summed E-state index contributed by atoms with van der Waals surface area (Å²) in [5, 5.41) is 4.87. The van der Waals surface area contributed by atoms with Gasteiger partial charge < -0.3 is 10.2 Å². The highest BCUT2D eigenvalue weighted by Crippen LogP contribution is 2.23. The molecule has 26 heavy (non-hydrogen) atoms. The Morgan fingerprint density at radius 1 is 1.08 bits per heavy atom. The van der Waals surface area contributed by atoms with Crippen molar-refractivity contribution in [2.24, 2.45) is 0 Å². The summed E-state index contributed by atoms with van der Waals surface area (Å²) in [6.45, 7) is 0.607. The number of carbonyl (C=O) groups excluding carboxylic acids is 1. The van der Waals surface area contributed by atoms with E-state index in [2.05, 4.69) is 41.5 Å². The molecular formula is C20H23N4OS+. The fourth-order valence-corrected chi connectivity index (χ4v) is 3.66. The van der Waals surface area contributed by atoms with Crippen molar-refractivity contribution in [3.05, 3.63) is 66.5 Å². The number of carbonyl (C=O) groups is 1. The van der Waals surface area contributed by atoms with E-state index in [0.717, 1.165) is 15.9 Å². The first kappa shape index (κ1) is 18.4. The number of nitrogens with one attached hydrogen (secondary N) is 2. The zero-order chi connectivity index (χ0) is 18.4. The van der Waals surface area contributed by atoms with Gasteiger partial charge in [0.2, 0.25) is 5.91 Å². The topological polar surface area (TPSA) is 59.3 Å². The molecule has 0 fully saturated rings. The number of aromatic nitrogens is 2. The standard InChI is InChI=1S/C20H22N4OS/c1-24(2)18(15-8-4-3-5-9-15)12-21-19(25)13-26-20-16-10-6-7-11-17(16)22-14-23-20/h3-11,14,18H,12-13H2,1-2H3,(H,21,25)/p+1/t18-/m1/s1. The Hall–Kier alpha value is -2.44. The number of nitrogens with zero attached hydrogens (tertiary/aromatic N) is 2. The monoisotopic (exact) mass is 367 g/mol. The molecule has 6 heteroatoms. The van der Waals surface area contributed by atoms with Crippen molar-refractivity contribution in [1.82, 2.24) is 15.3 Å². The second kappa shape index (κ2) is 8.78. The lowest BCUT2D eigenvalue weighted by molar-refractivity contribution is -0.890. The molecule has 0 aliphatic heterocycles. The number of benzene rings is 2. The van der Waals surface area contributed by atoms with E-state index in [1.807, 2.05) is 42.5 Å². The van der Waals surface area contributed by atoms with Gasteiger partial charge in [0, 0.05) is 10.9 Å². The summed E-state index contributed by atoms with van der Waals surface area (Å²) in [6.07, 6.45) is 1.55. The Balaban J connectivity index is 1.58. The molecule has 3 rings (SSSR count). The molecule has 1 aromatic heterocycles. The van der Waals surface area contributed by atoms with E-state index in [-0.39, 0.29) is 11.9 Å². The zero-order valence-corrected chi connectivity index (χ0v) is 15.8. The molecule has 2 N–H and O–H groups in total. The molecule has 0 aliphatic rings. The minimum absolute atomic E-state index is 0.0138. The van der Waals surface area contributed by atoms with Gasteiger partial charge in [-0.25, -0.2) is 9.97 Å². The zero-order valence-electron chi connectivity index (χ0n) is 15.0. The summed E-state index contributed by atoms with van der Waals surface area (Å²) in [4.78, 5) is 22.2. The van der Waals surface area contributed by atoms with Gasteiger partial charge in [0.25, 0.3) is 0 Å². The largest absolute Gasteiger partial charge is 0.349 e. The summed E-state index contributed by atoms with van der Waals surface area (Å²) < 4.78 is 0. The molecule has 0 unspecified atom stereocenters. The number of thioether (sulfide) groups is 1. The second-order valence-electron chi connectivity index (χ2n) is 6.33. The third-order valence-electron chi connectivity index (χ3n) is 4.25. The van der Waals surface area contributed by atoms with Crippen LogP contribution in [0.2, 0.25) is 0 Å². The Morgan fingerprint density at radius 2 is 1.81 bits per heavy atom. The number of likely N-dealkylation sites (N-methyl/N-ethyl adjacent to an activating group) is 1. The molecule has 1 heterocycles. The van der Waals surface area contributed by atoms with Crippen LogP contribution < -0.4 is 10.2 Å². The summed E-state index contributed by atoms with van der Waals surface area (Å²) in [6, 6.07) is 18.3. The van der Waals surface area contributed by atoms with Gasteiger partial charge in [-0.1, -0.05) is 60.3 Å². The maximum absolute atomic E-state index is 12.3. The van der Waals surface area contributed by atoms with Crippen LogP contribution in [0.4, 0.5) is 0 Å². The van der Waals surface area contributed by atoms with Crippen molar-refractivity contribution in [1.29, 1.82) is 0 Å². The van der Waals surface area contributed by atoms with Crippen molar-refractivity contribution >= 4 is 28.6 Å². The fourth-order valence-electron chi connectivity index (χ4n) is 2.84. The van der Waals surface area contributed by atoms with Gasteiger partial charge >= 0.3 is 0 Å². The molecule has 0 spiro atoms. The first-order valence-electron chi connectivity index (χ1n) is 8.59. The molecule has 1 atom stereocenters. The van der Waals surface area contributed by atoms with Crippen LogP contribution in [0.15, 0.2) is 66.0 Å². The van der Waals surface area contributed by atoms with E-state index in [0.29, 0.717) is 12.3 Å². The number of amides is 1. The molecule has 0 radical (unpaired) electrons. The van der Waals surface area contributed by atoms with Crippen LogP contribution in [-0.4, -0.2) is 42.3 Å². The summed E-state index contributed by atoms with van der Waals surface area (Å²) in [5.74, 6) is 0.352. The SMILES string of the molecule is C[NH+](C)[C@H](CNC(=O)CSc1ncnc2ccccc12)c1ccccc1. The van der Waals surface area contributed by atoms with Gasteiger partial charge in [0.05, 0.1) is 31.9 Å². The van der Waals surface area contributed by atoms with E-state index in [1.165, 1.54) is 22.2 Å². The fraction of sp³-hybridized carbons (Fsp3) is 0.250. The van der Waals surface area contributed by atoms with Gasteiger partial charge in [-0.2, -0.15) is 0 Å². The summed E-state index contributed by atoms with van der Waals surface area (Å²) in [5.41, 5.74) is 2.12. The molecule has 5 nitrogen and oxygen atoms in total. The number of hydrogen-bond acceptors (Lipinski definition) is 4. The van der Waals surface area contributed by atoms with E-state index >= 15 is 0 Å². The van der Waals surface area contributed by atoms with Crippen molar-refractivity contribution in [2.45, 2.75) is 11.1 Å². The molecule has 3 aromatic rings. The first-order chi connectivity index (χ1) is 12.6. The van der Waals surface area contributed by atoms with Crippen LogP contribution >= 0.6 is 11.8 Å². The lowest BCUT2D eigenvalue weighted by Gasteiger charge is -2.22. The molecule has 0 saturated heterocycles. The molecule has 1 amide bonds. The van der Waals surface area contributed by atoms with E-state index in [1.54, 1.807) is 6.33 Å². The number of rotatable bonds is 7. The maximum Gasteiger partial charge on any atom is 0.230 e. The van der Waals surface area contributed by atoms with E-state index in [4.69, 9.17) is 0 Å². The molecule has 0 bridgehead atoms. The number of fused-ring (bicyclic) bond motifs is 1. The summed E-state index contributed by atoms with van der Waals surface area (Å²) in [7, 11) is 4.21. The first-order valence-corrected chi connectivity index (χ1v) is 9.58. The van der Waals surface area contributed by atoms with Gasteiger partial charge in [0.15, 0.2) is 0 Å². The highest BCUT2D eigenvalue weighted by atomic mass is 32.2. The third-order valence-corrected chi connectivity index (χ3v) is 5.25. The quantitative estimate of drug-likeness (QED) is 0.493. The molecule has 0 aliphatic carbocycles. The third kappa shape index (κ3) is 4.59. The van der Waals surface area contributed by atoms with Crippen LogP contribution in [-0.2, 0) is 4.79 Å². The predicted octanol–water partition coefficient (Wildman–Crippen LogP) is 1.72. The molecular weight excluding hydrogens is 344 g/mol. The highest BCUT2D eigenvalue weighted by Gasteiger charge is 2.18. The van der Waals surface area contributed by atoms with Crippen LogP contribution in [0.5, 0.6) is 0 Å². The molecule has 134 valence electrons. The maximum atomic E-state index is 12.3. The molecule has 0 saturated carbocycles. The Kier molecular flexibility index (Phi) is 6.20. The Morgan fingerprint density at radius 3 is 2.58 bits per heavy atom. The normalized spacial score (nSPS) is 12.3. The van der Waals surface area contributed by atoms with Gasteiger partial charge in [-0.3, -0.25) is 4.79 Å². The van der Waals surface area contributed by atoms with Crippen LogP contribution in [0.1, 0.15) is 11.6 Å². The average molecular weight is 367 g/mol. The van der Waals surface area contributed by atoms with E-state index in [9.17, 15) is 4.79 Å². The van der Waals surface area contributed by atoms with Crippen LogP contribution in [0.3, 0.4) is 0 Å². The Labute approximate surface area is 157 Å². The van der Waals surface area contributed by atoms with Gasteiger partial charge in [-0.05, 0) is 6.07 Å². The predicted molar refractivity (Wildman–Crippen MR) is 105 cm³/mol. The lowest BCUT2D eigenvalue weighted by Crippen LogP contribution is -3.07. The minimum Gasteiger partial charge on any atom is -0.349 e. The second-order valence-corrected chi connectivity index (χ2v) is 7.29. The summed E-state index contributed by atoms with van der Waals surface area (Å²) >= 11 is 1.44.